The van der Waals surface area contributed by atoms with Gasteiger partial charge in [-0.15, -0.1) is 11.3 Å². The third-order valence-corrected chi connectivity index (χ3v) is 7.62. The summed E-state index contributed by atoms with van der Waals surface area (Å²) in [5, 5.41) is 9.04. The zero-order valence-electron chi connectivity index (χ0n) is 20.1. The number of fused-ring (bicyclic) bond motifs is 1. The van der Waals surface area contributed by atoms with Crippen molar-refractivity contribution in [1.82, 2.24) is 20.5 Å². The molecule has 33 heavy (non-hydrogen) atoms. The second kappa shape index (κ2) is 9.39. The number of likely N-dealkylation sites (tertiary alicyclic amines) is 1. The van der Waals surface area contributed by atoms with E-state index in [9.17, 15) is 9.59 Å². The van der Waals surface area contributed by atoms with Gasteiger partial charge in [0.25, 0.3) is 0 Å². The van der Waals surface area contributed by atoms with E-state index >= 15 is 0 Å². The maximum Gasteiger partial charge on any atom is 0.246 e. The lowest BCUT2D eigenvalue weighted by Gasteiger charge is -2.35. The number of carbonyl (C=O) groups is 2. The standard InChI is InChI=1S/C26H34N4O2S/c1-16(27-5)23(31)29-22(26(2,3)4)25(32)30-14-8-11-21(30)24-28-20(15-33-24)19-13-12-17-9-6-7-10-18(17)19/h6-7,9-10,13,15-16,21-22,27H,8,11-12,14H2,1-5H3,(H,29,31)/t16-,21-,22+/m0/s1. The summed E-state index contributed by atoms with van der Waals surface area (Å²) in [4.78, 5) is 33.2. The fourth-order valence-corrected chi connectivity index (χ4v) is 5.56. The van der Waals surface area contributed by atoms with Crippen molar-refractivity contribution in [1.29, 1.82) is 0 Å². The number of amides is 2. The first-order chi connectivity index (χ1) is 15.7. The van der Waals surface area contributed by atoms with Crippen LogP contribution in [-0.2, 0) is 16.0 Å². The maximum absolute atomic E-state index is 13.7. The molecule has 0 spiro atoms. The van der Waals surface area contributed by atoms with E-state index in [-0.39, 0.29) is 23.9 Å². The zero-order chi connectivity index (χ0) is 23.8. The number of nitrogens with one attached hydrogen (secondary N) is 2. The lowest BCUT2D eigenvalue weighted by molar-refractivity contribution is -0.140. The number of hydrogen-bond donors (Lipinski definition) is 2. The molecule has 2 aliphatic rings. The van der Waals surface area contributed by atoms with E-state index in [2.05, 4.69) is 46.4 Å². The minimum Gasteiger partial charge on any atom is -0.342 e. The number of carbonyl (C=O) groups excluding carboxylic acids is 2. The summed E-state index contributed by atoms with van der Waals surface area (Å²) in [5.41, 5.74) is 4.36. The van der Waals surface area contributed by atoms with Crippen molar-refractivity contribution in [3.8, 4) is 0 Å². The van der Waals surface area contributed by atoms with Gasteiger partial charge in [-0.2, -0.15) is 0 Å². The summed E-state index contributed by atoms with van der Waals surface area (Å²) in [7, 11) is 1.74. The first-order valence-electron chi connectivity index (χ1n) is 11.7. The summed E-state index contributed by atoms with van der Waals surface area (Å²) in [6.45, 7) is 8.47. The van der Waals surface area contributed by atoms with Crippen molar-refractivity contribution in [2.24, 2.45) is 5.41 Å². The third kappa shape index (κ3) is 4.75. The van der Waals surface area contributed by atoms with Crippen molar-refractivity contribution >= 4 is 28.7 Å². The van der Waals surface area contributed by atoms with Crippen LogP contribution in [0.1, 0.15) is 68.4 Å². The van der Waals surface area contributed by atoms with Crippen LogP contribution in [0.5, 0.6) is 0 Å². The molecule has 3 atom stereocenters. The van der Waals surface area contributed by atoms with Gasteiger partial charge in [-0.3, -0.25) is 9.59 Å². The van der Waals surface area contributed by atoms with E-state index in [1.165, 1.54) is 16.7 Å². The van der Waals surface area contributed by atoms with Gasteiger partial charge in [0.1, 0.15) is 11.0 Å². The third-order valence-electron chi connectivity index (χ3n) is 6.68. The average Bonchev–Trinajstić information content (AvgIpc) is 3.53. The molecule has 7 heteroatoms. The van der Waals surface area contributed by atoms with Gasteiger partial charge in [0.05, 0.1) is 17.8 Å². The fraction of sp³-hybridized carbons (Fsp3) is 0.500. The minimum absolute atomic E-state index is 0.0242. The Bertz CT molecular complexity index is 1070. The summed E-state index contributed by atoms with van der Waals surface area (Å²) in [5.74, 6) is -0.186. The van der Waals surface area contributed by atoms with Crippen molar-refractivity contribution in [3.63, 3.8) is 0 Å². The Morgan fingerprint density at radius 2 is 2.00 bits per heavy atom. The SMILES string of the molecule is CN[C@@H](C)C(=O)N[C@H](C(=O)N1CCC[C@H]1c1nc(C2=CCc3ccccc32)cs1)C(C)(C)C. The molecule has 0 saturated carbocycles. The van der Waals surface area contributed by atoms with Crippen LogP contribution in [0.4, 0.5) is 0 Å². The number of likely N-dealkylation sites (N-methyl/N-ethyl adjacent to an activating group) is 1. The number of allylic oxidation sites excluding steroid dienone is 1. The molecule has 0 bridgehead atoms. The zero-order valence-corrected chi connectivity index (χ0v) is 21.0. The number of rotatable bonds is 6. The molecule has 0 radical (unpaired) electrons. The first kappa shape index (κ1) is 23.6. The molecule has 2 N–H and O–H groups in total. The van der Waals surface area contributed by atoms with Gasteiger partial charge in [-0.1, -0.05) is 51.1 Å². The van der Waals surface area contributed by atoms with Gasteiger partial charge in [0.15, 0.2) is 0 Å². The average molecular weight is 467 g/mol. The number of benzene rings is 1. The van der Waals surface area contributed by atoms with Crippen LogP contribution in [-0.4, -0.2) is 47.4 Å². The molecule has 1 fully saturated rings. The Balaban J connectivity index is 1.55. The van der Waals surface area contributed by atoms with Crippen molar-refractivity contribution < 1.29 is 9.59 Å². The van der Waals surface area contributed by atoms with Gasteiger partial charge >= 0.3 is 0 Å². The van der Waals surface area contributed by atoms with Crippen molar-refractivity contribution in [2.45, 2.75) is 65.1 Å². The molecule has 2 aromatic rings. The Morgan fingerprint density at radius 1 is 1.24 bits per heavy atom. The van der Waals surface area contributed by atoms with E-state index in [4.69, 9.17) is 4.98 Å². The van der Waals surface area contributed by atoms with Crippen LogP contribution in [0.15, 0.2) is 35.7 Å². The monoisotopic (exact) mass is 466 g/mol. The highest BCUT2D eigenvalue weighted by Gasteiger charge is 2.41. The quantitative estimate of drug-likeness (QED) is 0.676. The molecule has 4 rings (SSSR count). The lowest BCUT2D eigenvalue weighted by Crippen LogP contribution is -2.57. The van der Waals surface area contributed by atoms with Gasteiger partial charge < -0.3 is 15.5 Å². The van der Waals surface area contributed by atoms with Crippen molar-refractivity contribution in [2.75, 3.05) is 13.6 Å². The van der Waals surface area contributed by atoms with E-state index in [1.54, 1.807) is 25.3 Å². The largest absolute Gasteiger partial charge is 0.342 e. The Morgan fingerprint density at radius 3 is 2.73 bits per heavy atom. The van der Waals surface area contributed by atoms with Crippen LogP contribution in [0.25, 0.3) is 5.57 Å². The van der Waals surface area contributed by atoms with Crippen LogP contribution in [0.2, 0.25) is 0 Å². The molecule has 1 aliphatic carbocycles. The number of thiazole rings is 1. The van der Waals surface area contributed by atoms with Crippen LogP contribution >= 0.6 is 11.3 Å². The highest BCUT2D eigenvalue weighted by atomic mass is 32.1. The van der Waals surface area contributed by atoms with E-state index in [0.29, 0.717) is 6.54 Å². The summed E-state index contributed by atoms with van der Waals surface area (Å²) < 4.78 is 0. The summed E-state index contributed by atoms with van der Waals surface area (Å²) in [6.07, 6.45) is 5.01. The molecule has 1 aromatic heterocycles. The fourth-order valence-electron chi connectivity index (χ4n) is 4.59. The second-order valence-electron chi connectivity index (χ2n) is 10.1. The topological polar surface area (TPSA) is 74.3 Å². The highest BCUT2D eigenvalue weighted by molar-refractivity contribution is 7.09. The van der Waals surface area contributed by atoms with E-state index in [1.807, 2.05) is 25.7 Å². The van der Waals surface area contributed by atoms with Gasteiger partial charge in [0, 0.05) is 17.5 Å². The predicted molar refractivity (Wildman–Crippen MR) is 133 cm³/mol. The summed E-state index contributed by atoms with van der Waals surface area (Å²) in [6, 6.07) is 7.47. The summed E-state index contributed by atoms with van der Waals surface area (Å²) >= 11 is 1.63. The number of hydrogen-bond acceptors (Lipinski definition) is 5. The molecule has 1 aromatic carbocycles. The second-order valence-corrected chi connectivity index (χ2v) is 10.9. The minimum atomic E-state index is -0.592. The smallest absolute Gasteiger partial charge is 0.246 e. The molecule has 0 unspecified atom stereocenters. The Labute approximate surface area is 200 Å². The van der Waals surface area contributed by atoms with Crippen LogP contribution in [0.3, 0.4) is 0 Å². The Kier molecular flexibility index (Phi) is 6.73. The predicted octanol–water partition coefficient (Wildman–Crippen LogP) is 3.93. The number of nitrogens with zero attached hydrogens (tertiary/aromatic N) is 2. The van der Waals surface area contributed by atoms with E-state index in [0.717, 1.165) is 30.0 Å². The first-order valence-corrected chi connectivity index (χ1v) is 12.6. The molecule has 2 heterocycles. The molecule has 6 nitrogen and oxygen atoms in total. The maximum atomic E-state index is 13.7. The lowest BCUT2D eigenvalue weighted by atomic mass is 9.85. The molecule has 176 valence electrons. The molecular formula is C26H34N4O2S. The normalized spacial score (nSPS) is 19.7. The molecule has 2 amide bonds. The van der Waals surface area contributed by atoms with Crippen LogP contribution < -0.4 is 10.6 Å². The number of aromatic nitrogens is 1. The highest BCUT2D eigenvalue weighted by Crippen LogP contribution is 2.39. The molecule has 1 aliphatic heterocycles. The van der Waals surface area contributed by atoms with Gasteiger partial charge in [0.2, 0.25) is 11.8 Å². The van der Waals surface area contributed by atoms with Crippen LogP contribution in [0, 0.1) is 5.41 Å². The van der Waals surface area contributed by atoms with Crippen molar-refractivity contribution in [3.05, 3.63) is 57.6 Å². The van der Waals surface area contributed by atoms with Gasteiger partial charge in [-0.25, -0.2) is 4.98 Å². The Hall–Kier alpha value is -2.51. The van der Waals surface area contributed by atoms with E-state index < -0.39 is 11.5 Å². The molecular weight excluding hydrogens is 432 g/mol. The molecule has 1 saturated heterocycles. The van der Waals surface area contributed by atoms with Gasteiger partial charge in [-0.05, 0) is 49.8 Å².